The Hall–Kier alpha value is -4.37. The van der Waals surface area contributed by atoms with E-state index in [1.165, 1.54) is 34.3 Å². The van der Waals surface area contributed by atoms with Crippen molar-refractivity contribution in [1.82, 2.24) is 5.32 Å². The third kappa shape index (κ3) is 3.25. The topological polar surface area (TPSA) is 127 Å². The van der Waals surface area contributed by atoms with Gasteiger partial charge in [0.1, 0.15) is 23.0 Å². The molecule has 1 heterocycles. The van der Waals surface area contributed by atoms with Crippen molar-refractivity contribution < 1.29 is 34.0 Å². The van der Waals surface area contributed by atoms with E-state index in [9.17, 15) is 19.8 Å². The molecular weight excluding hydrogens is 560 g/mol. The number of ketones is 2. The Balaban J connectivity index is 1.71. The number of carbonyl (C=O) groups is 2. The Morgan fingerprint density at radius 3 is 2.45 bits per heavy atom. The number of benzene rings is 3. The van der Waals surface area contributed by atoms with E-state index in [4.69, 9.17) is 19.2 Å². The highest BCUT2D eigenvalue weighted by molar-refractivity contribution is 6.33. The van der Waals surface area contributed by atoms with Gasteiger partial charge in [-0.15, -0.1) is 0 Å². The van der Waals surface area contributed by atoms with Crippen LogP contribution in [0.15, 0.2) is 28.8 Å². The summed E-state index contributed by atoms with van der Waals surface area (Å²) < 4.78 is 17.6. The van der Waals surface area contributed by atoms with Crippen molar-refractivity contribution in [3.05, 3.63) is 45.7 Å². The second-order valence-corrected chi connectivity index (χ2v) is 12.6. The van der Waals surface area contributed by atoms with Crippen molar-refractivity contribution >= 4 is 50.2 Å². The zero-order chi connectivity index (χ0) is 30.8. The Morgan fingerprint density at radius 2 is 1.75 bits per heavy atom. The number of allylic oxidation sites excluding steroid dienone is 3. The van der Waals surface area contributed by atoms with E-state index in [0.29, 0.717) is 38.8 Å². The number of hydrogen-bond donors (Lipinski definition) is 3. The number of ether oxygens (including phenoxy) is 3. The smallest absolute Gasteiger partial charge is 0.169 e. The summed E-state index contributed by atoms with van der Waals surface area (Å²) >= 11 is 0. The molecule has 8 rings (SSSR count). The first-order chi connectivity index (χ1) is 21.2. The summed E-state index contributed by atoms with van der Waals surface area (Å²) in [6, 6.07) is 1.35. The summed E-state index contributed by atoms with van der Waals surface area (Å²) in [6.45, 7) is 3.45. The molecule has 0 bridgehead atoms. The maximum atomic E-state index is 14.2. The van der Waals surface area contributed by atoms with Crippen molar-refractivity contribution in [3.63, 3.8) is 0 Å². The summed E-state index contributed by atoms with van der Waals surface area (Å²) in [6.07, 6.45) is 7.74. The summed E-state index contributed by atoms with van der Waals surface area (Å²) in [5, 5.41) is 29.7. The number of aromatic hydroxyl groups is 2. The van der Waals surface area contributed by atoms with E-state index in [1.807, 2.05) is 13.0 Å². The van der Waals surface area contributed by atoms with Gasteiger partial charge < -0.3 is 29.7 Å². The highest BCUT2D eigenvalue weighted by atomic mass is 16.5. The lowest BCUT2D eigenvalue weighted by molar-refractivity contribution is -0.118. The number of fused-ring (bicyclic) bond motifs is 5. The van der Waals surface area contributed by atoms with E-state index < -0.39 is 11.8 Å². The van der Waals surface area contributed by atoms with Gasteiger partial charge in [-0.1, -0.05) is 24.5 Å². The Bertz CT molecular complexity index is 2020. The van der Waals surface area contributed by atoms with E-state index in [-0.39, 0.29) is 52.3 Å². The lowest BCUT2D eigenvalue weighted by Crippen LogP contribution is -2.60. The average molecular weight is 595 g/mol. The summed E-state index contributed by atoms with van der Waals surface area (Å²) in [5.74, 6) is -1.19. The average Bonchev–Trinajstić information content (AvgIpc) is 3.14. The molecule has 44 heavy (non-hydrogen) atoms. The van der Waals surface area contributed by atoms with Crippen LogP contribution in [0, 0.1) is 0 Å². The van der Waals surface area contributed by atoms with E-state index in [0.717, 1.165) is 53.3 Å². The highest BCUT2D eigenvalue weighted by Crippen LogP contribution is 2.56. The van der Waals surface area contributed by atoms with Gasteiger partial charge in [-0.25, -0.2) is 0 Å². The molecule has 5 atom stereocenters. The standard InChI is InChI=1S/C35H34N2O7/c1-13-10-15-23-28-24(33-32(15)36-16-8-6-7-9-17(16)37-33)18(39)11-20(42-3)26(28)27-21(43-4)12-19(40)25-30(27)29(23)31(22(13)14(2)38)35(44-5)34(25)41/h10-12,16-17,22,24,33,37,40-41H,6-9H2,1-5H3/t16-,17+,22?,24?,33?/m1/s1. The summed E-state index contributed by atoms with van der Waals surface area (Å²) in [7, 11) is 4.50. The monoisotopic (exact) mass is 594 g/mol. The summed E-state index contributed by atoms with van der Waals surface area (Å²) in [5.41, 5.74) is 4.37. The van der Waals surface area contributed by atoms with Crippen LogP contribution in [0.25, 0.3) is 32.9 Å². The fraction of sp³-hybridized carbons (Fsp3) is 0.400. The van der Waals surface area contributed by atoms with Gasteiger partial charge in [0, 0.05) is 45.7 Å². The van der Waals surface area contributed by atoms with Crippen molar-refractivity contribution in [1.29, 1.82) is 0 Å². The van der Waals surface area contributed by atoms with Gasteiger partial charge in [0.25, 0.3) is 0 Å². The molecule has 1 fully saturated rings. The third-order valence-corrected chi connectivity index (χ3v) is 10.4. The number of phenolic OH excluding ortho intramolecular Hbond substituents is 2. The molecule has 3 aromatic rings. The third-order valence-electron chi connectivity index (χ3n) is 10.4. The van der Waals surface area contributed by atoms with E-state index in [2.05, 4.69) is 5.32 Å². The van der Waals surface area contributed by atoms with Gasteiger partial charge in [0.15, 0.2) is 17.3 Å². The maximum absolute atomic E-state index is 14.2. The first-order valence-corrected chi connectivity index (χ1v) is 15.2. The van der Waals surface area contributed by atoms with Crippen molar-refractivity contribution in [2.24, 2.45) is 4.99 Å². The van der Waals surface area contributed by atoms with Gasteiger partial charge in [-0.2, -0.15) is 0 Å². The lowest BCUT2D eigenvalue weighted by Gasteiger charge is -2.45. The van der Waals surface area contributed by atoms with Crippen LogP contribution in [0.4, 0.5) is 0 Å². The fourth-order valence-corrected chi connectivity index (χ4v) is 8.80. The molecule has 0 radical (unpaired) electrons. The van der Waals surface area contributed by atoms with Crippen LogP contribution in [0.1, 0.15) is 68.1 Å². The van der Waals surface area contributed by atoms with Gasteiger partial charge in [0.05, 0.1) is 56.3 Å². The normalized spacial score (nSPS) is 26.8. The number of methoxy groups -OCH3 is 3. The van der Waals surface area contributed by atoms with Crippen LogP contribution in [0.5, 0.6) is 23.0 Å². The second-order valence-electron chi connectivity index (χ2n) is 12.6. The molecular formula is C35H34N2O7. The Morgan fingerprint density at radius 1 is 0.977 bits per heavy atom. The molecule has 0 aromatic heterocycles. The first kappa shape index (κ1) is 27.2. The molecule has 0 amide bonds. The van der Waals surface area contributed by atoms with Gasteiger partial charge >= 0.3 is 0 Å². The minimum atomic E-state index is -0.752. The van der Waals surface area contributed by atoms with Crippen LogP contribution in [0.3, 0.4) is 0 Å². The quantitative estimate of drug-likeness (QED) is 0.408. The van der Waals surface area contributed by atoms with Crippen molar-refractivity contribution in [3.8, 4) is 23.0 Å². The predicted octanol–water partition coefficient (Wildman–Crippen LogP) is 4.31. The minimum absolute atomic E-state index is 0.0892. The van der Waals surface area contributed by atoms with Gasteiger partial charge in [0.2, 0.25) is 0 Å². The second kappa shape index (κ2) is 9.32. The number of aliphatic imine (C=N–C) groups is 1. The number of nitrogens with zero attached hydrogens (tertiary/aromatic N) is 1. The zero-order valence-corrected chi connectivity index (χ0v) is 25.3. The van der Waals surface area contributed by atoms with Crippen LogP contribution in [-0.4, -0.2) is 66.9 Å². The van der Waals surface area contributed by atoms with Crippen LogP contribution >= 0.6 is 0 Å². The van der Waals surface area contributed by atoms with Crippen molar-refractivity contribution in [2.75, 3.05) is 21.3 Å². The molecule has 0 spiro atoms. The summed E-state index contributed by atoms with van der Waals surface area (Å²) in [4.78, 5) is 33.1. The molecule has 9 heteroatoms. The van der Waals surface area contributed by atoms with E-state index in [1.54, 1.807) is 6.08 Å². The number of nitrogens with one attached hydrogen (secondary N) is 1. The minimum Gasteiger partial charge on any atom is -0.507 e. The Labute approximate surface area is 253 Å². The molecule has 3 N–H and O–H groups in total. The largest absolute Gasteiger partial charge is 0.507 e. The van der Waals surface area contributed by atoms with Crippen LogP contribution < -0.4 is 20.0 Å². The zero-order valence-electron chi connectivity index (χ0n) is 25.3. The lowest BCUT2D eigenvalue weighted by atomic mass is 9.68. The number of phenols is 2. The molecule has 4 aliphatic carbocycles. The highest BCUT2D eigenvalue weighted by Gasteiger charge is 2.49. The van der Waals surface area contributed by atoms with Gasteiger partial charge in [-0.3, -0.25) is 14.6 Å². The molecule has 5 aliphatic rings. The van der Waals surface area contributed by atoms with E-state index >= 15 is 0 Å². The molecule has 3 unspecified atom stereocenters. The fourth-order valence-electron chi connectivity index (χ4n) is 8.80. The van der Waals surface area contributed by atoms with Gasteiger partial charge in [-0.05, 0) is 42.9 Å². The first-order valence-electron chi connectivity index (χ1n) is 15.2. The number of hydrogen-bond acceptors (Lipinski definition) is 9. The molecule has 226 valence electrons. The molecule has 3 aromatic carbocycles. The Kier molecular flexibility index (Phi) is 5.76. The van der Waals surface area contributed by atoms with Crippen LogP contribution in [-0.2, 0) is 14.3 Å². The number of carbonyl (C=O) groups excluding carboxylic acids is 2. The molecule has 1 saturated carbocycles. The predicted molar refractivity (Wildman–Crippen MR) is 167 cm³/mol. The number of rotatable bonds is 4. The van der Waals surface area contributed by atoms with Crippen molar-refractivity contribution in [2.45, 2.75) is 69.5 Å². The molecule has 1 aliphatic heterocycles. The number of Topliss-reactive ketones (excluding diaryl/α,β-unsaturated/α-hetero) is 1. The maximum Gasteiger partial charge on any atom is 0.169 e. The molecule has 9 nitrogen and oxygen atoms in total. The van der Waals surface area contributed by atoms with Crippen LogP contribution in [0.2, 0.25) is 0 Å². The SMILES string of the molecule is COC1=CC(=O)C2c3c1c1c(OC)cc(O)c4c(O)c(OC)c5c(c3=C(C=C(C)C5C(C)=O)C3=N[C@@H]5CCCC[C@@H]5NC32)c41. The molecule has 0 saturated heterocycles.